The molecule has 1 aliphatic rings. The monoisotopic (exact) mass is 279 g/mol. The molecule has 0 aromatic rings. The Morgan fingerprint density at radius 2 is 1.95 bits per heavy atom. The maximum atomic E-state index is 12.7. The van der Waals surface area contributed by atoms with E-state index in [9.17, 15) is 18.4 Å². The largest absolute Gasteiger partial charge is 0.480 e. The van der Waals surface area contributed by atoms with Gasteiger partial charge in [-0.25, -0.2) is 18.4 Å². The number of aliphatic carboxylic acids is 1. The van der Waals surface area contributed by atoms with E-state index in [1.807, 2.05) is 0 Å². The van der Waals surface area contributed by atoms with E-state index in [1.54, 1.807) is 20.8 Å². The number of carbonyl (C=O) groups is 2. The predicted molar refractivity (Wildman–Crippen MR) is 63.1 cm³/mol. The average Bonchev–Trinajstić information content (AvgIpc) is 2.10. The van der Waals surface area contributed by atoms with Gasteiger partial charge in [0.05, 0.1) is 0 Å². The smallest absolute Gasteiger partial charge is 0.408 e. The first-order valence-electron chi connectivity index (χ1n) is 6.09. The average molecular weight is 279 g/mol. The fourth-order valence-corrected chi connectivity index (χ4v) is 1.96. The molecule has 1 aliphatic carbocycles. The minimum Gasteiger partial charge on any atom is -0.480 e. The molecule has 0 aromatic heterocycles. The number of carbonyl (C=O) groups excluding carboxylic acids is 1. The summed E-state index contributed by atoms with van der Waals surface area (Å²) >= 11 is 0. The summed E-state index contributed by atoms with van der Waals surface area (Å²) in [6.07, 6.45) is -1.52. The lowest BCUT2D eigenvalue weighted by Gasteiger charge is -2.36. The lowest BCUT2D eigenvalue weighted by molar-refractivity contribution is -0.144. The topological polar surface area (TPSA) is 75.6 Å². The molecule has 0 saturated heterocycles. The molecular formula is C12H19F2NO4. The van der Waals surface area contributed by atoms with E-state index in [0.29, 0.717) is 0 Å². The summed E-state index contributed by atoms with van der Waals surface area (Å²) in [5, 5.41) is 11.2. The van der Waals surface area contributed by atoms with Gasteiger partial charge >= 0.3 is 12.1 Å². The van der Waals surface area contributed by atoms with Crippen LogP contribution in [0.3, 0.4) is 0 Å². The molecule has 1 saturated carbocycles. The van der Waals surface area contributed by atoms with Crippen LogP contribution in [0.5, 0.6) is 0 Å². The number of alkyl carbamates (subject to hydrolysis) is 1. The molecule has 7 heteroatoms. The lowest BCUT2D eigenvalue weighted by atomic mass is 9.77. The maximum absolute atomic E-state index is 12.7. The zero-order valence-corrected chi connectivity index (χ0v) is 11.2. The quantitative estimate of drug-likeness (QED) is 0.828. The molecule has 0 aliphatic heterocycles. The van der Waals surface area contributed by atoms with Gasteiger partial charge in [0.1, 0.15) is 11.6 Å². The molecule has 0 bridgehead atoms. The number of carboxylic acid groups (broad SMARTS) is 1. The molecule has 0 heterocycles. The van der Waals surface area contributed by atoms with Crippen LogP contribution in [-0.2, 0) is 9.53 Å². The first kappa shape index (κ1) is 15.7. The fourth-order valence-electron chi connectivity index (χ4n) is 1.96. The minimum absolute atomic E-state index is 0.00976. The van der Waals surface area contributed by atoms with Gasteiger partial charge < -0.3 is 15.2 Å². The summed E-state index contributed by atoms with van der Waals surface area (Å²) in [7, 11) is 0. The van der Waals surface area contributed by atoms with Crippen LogP contribution in [0.1, 0.15) is 40.0 Å². The van der Waals surface area contributed by atoms with Crippen molar-refractivity contribution in [2.75, 3.05) is 0 Å². The summed E-state index contributed by atoms with van der Waals surface area (Å²) in [6.45, 7) is 4.94. The van der Waals surface area contributed by atoms with E-state index in [4.69, 9.17) is 9.84 Å². The van der Waals surface area contributed by atoms with Crippen LogP contribution in [0.15, 0.2) is 0 Å². The van der Waals surface area contributed by atoms with Crippen LogP contribution in [0.25, 0.3) is 0 Å². The van der Waals surface area contributed by atoms with Gasteiger partial charge in [0.2, 0.25) is 5.92 Å². The van der Waals surface area contributed by atoms with Crippen molar-refractivity contribution in [1.82, 2.24) is 5.32 Å². The molecule has 0 spiro atoms. The first-order valence-corrected chi connectivity index (χ1v) is 6.09. The summed E-state index contributed by atoms with van der Waals surface area (Å²) in [5.41, 5.74) is -0.739. The molecule has 1 rings (SSSR count). The number of ether oxygens (including phenoxy) is 1. The number of nitrogens with one attached hydrogen (secondary N) is 1. The highest BCUT2D eigenvalue weighted by Crippen LogP contribution is 2.44. The second-order valence-electron chi connectivity index (χ2n) is 5.90. The van der Waals surface area contributed by atoms with E-state index in [1.165, 1.54) is 0 Å². The van der Waals surface area contributed by atoms with Crippen LogP contribution in [-0.4, -0.2) is 34.7 Å². The summed E-state index contributed by atoms with van der Waals surface area (Å²) in [4.78, 5) is 22.4. The number of hydrogen-bond acceptors (Lipinski definition) is 3. The number of carboxylic acids is 1. The van der Waals surface area contributed by atoms with Crippen LogP contribution < -0.4 is 5.32 Å². The Labute approximate surface area is 110 Å². The van der Waals surface area contributed by atoms with Crippen LogP contribution in [0.4, 0.5) is 13.6 Å². The van der Waals surface area contributed by atoms with E-state index in [0.717, 1.165) is 0 Å². The Kier molecular flexibility index (Phi) is 4.37. The number of halogens is 2. The second-order valence-corrected chi connectivity index (χ2v) is 5.90. The van der Waals surface area contributed by atoms with E-state index >= 15 is 0 Å². The predicted octanol–water partition coefficient (Wildman–Crippen LogP) is 2.40. The molecule has 5 nitrogen and oxygen atoms in total. The third-order valence-electron chi connectivity index (χ3n) is 2.73. The zero-order valence-electron chi connectivity index (χ0n) is 11.2. The van der Waals surface area contributed by atoms with Crippen LogP contribution >= 0.6 is 0 Å². The molecule has 1 fully saturated rings. The van der Waals surface area contributed by atoms with Gasteiger partial charge in [0.25, 0.3) is 0 Å². The normalized spacial score (nSPS) is 20.3. The van der Waals surface area contributed by atoms with Crippen molar-refractivity contribution in [2.45, 2.75) is 57.6 Å². The molecule has 2 N–H and O–H groups in total. The molecule has 0 radical (unpaired) electrons. The Hall–Kier alpha value is -1.40. The standard InChI is InChI=1S/C12H19F2NO4/c1-11(2,3)19-10(18)15-8(9(16)17)4-7-5-12(13,14)6-7/h7-8H,4-6H2,1-3H3,(H,15,18)(H,16,17). The van der Waals surface area contributed by atoms with Crippen molar-refractivity contribution in [1.29, 1.82) is 0 Å². The van der Waals surface area contributed by atoms with Gasteiger partial charge in [-0.3, -0.25) is 0 Å². The molecule has 110 valence electrons. The van der Waals surface area contributed by atoms with Crippen LogP contribution in [0.2, 0.25) is 0 Å². The first-order chi connectivity index (χ1) is 8.48. The highest BCUT2D eigenvalue weighted by Gasteiger charge is 2.46. The summed E-state index contributed by atoms with van der Waals surface area (Å²) < 4.78 is 30.3. The van der Waals surface area contributed by atoms with E-state index < -0.39 is 29.6 Å². The highest BCUT2D eigenvalue weighted by atomic mass is 19.3. The van der Waals surface area contributed by atoms with Crippen molar-refractivity contribution >= 4 is 12.1 Å². The molecule has 0 aromatic carbocycles. The maximum Gasteiger partial charge on any atom is 0.408 e. The Morgan fingerprint density at radius 1 is 1.42 bits per heavy atom. The Morgan fingerprint density at radius 3 is 2.32 bits per heavy atom. The molecular weight excluding hydrogens is 260 g/mol. The zero-order chi connectivity index (χ0) is 14.8. The minimum atomic E-state index is -2.69. The number of amides is 1. The fraction of sp³-hybridized carbons (Fsp3) is 0.833. The van der Waals surface area contributed by atoms with Gasteiger partial charge in [-0.2, -0.15) is 0 Å². The number of rotatable bonds is 4. The molecule has 1 amide bonds. The second kappa shape index (κ2) is 5.30. The molecule has 1 atom stereocenters. The van der Waals surface area contributed by atoms with Gasteiger partial charge in [0, 0.05) is 12.8 Å². The molecule has 19 heavy (non-hydrogen) atoms. The van der Waals surface area contributed by atoms with Gasteiger partial charge in [-0.05, 0) is 33.1 Å². The third-order valence-corrected chi connectivity index (χ3v) is 2.73. The van der Waals surface area contributed by atoms with Gasteiger partial charge in [-0.1, -0.05) is 0 Å². The lowest BCUT2D eigenvalue weighted by Crippen LogP contribution is -2.47. The van der Waals surface area contributed by atoms with Gasteiger partial charge in [-0.15, -0.1) is 0 Å². The SMILES string of the molecule is CC(C)(C)OC(=O)NC(CC1CC(F)(F)C1)C(=O)O. The molecule has 1 unspecified atom stereocenters. The van der Waals surface area contributed by atoms with Crippen molar-refractivity contribution in [3.05, 3.63) is 0 Å². The van der Waals surface area contributed by atoms with E-state index in [2.05, 4.69) is 5.32 Å². The highest BCUT2D eigenvalue weighted by molar-refractivity contribution is 5.80. The van der Waals surface area contributed by atoms with Crippen molar-refractivity contribution in [3.8, 4) is 0 Å². The Bertz CT molecular complexity index is 357. The third kappa shape index (κ3) is 5.40. The van der Waals surface area contributed by atoms with Crippen molar-refractivity contribution in [2.24, 2.45) is 5.92 Å². The number of hydrogen-bond donors (Lipinski definition) is 2. The van der Waals surface area contributed by atoms with Crippen molar-refractivity contribution < 1.29 is 28.2 Å². The van der Waals surface area contributed by atoms with Crippen LogP contribution in [0, 0.1) is 5.92 Å². The summed E-state index contributed by atoms with van der Waals surface area (Å²) in [5.74, 6) is -4.33. The van der Waals surface area contributed by atoms with E-state index in [-0.39, 0.29) is 25.2 Å². The Balaban J connectivity index is 2.46. The van der Waals surface area contributed by atoms with Gasteiger partial charge in [0.15, 0.2) is 0 Å². The number of alkyl halides is 2. The van der Waals surface area contributed by atoms with Crippen molar-refractivity contribution in [3.63, 3.8) is 0 Å². The summed E-state index contributed by atoms with van der Waals surface area (Å²) in [6, 6.07) is -1.20.